The molecule has 1 fully saturated rings. The minimum atomic E-state index is -5.79. The largest absolute Gasteiger partial charge is 0.490 e. The zero-order valence-electron chi connectivity index (χ0n) is 16.2. The average Bonchev–Trinajstić information content (AvgIpc) is 2.93. The van der Waals surface area contributed by atoms with E-state index in [-0.39, 0.29) is 11.4 Å². The fourth-order valence-electron chi connectivity index (χ4n) is 2.92. The number of aromatic amines is 1. The second-order valence-corrected chi connectivity index (χ2v) is 11.1. The van der Waals surface area contributed by atoms with Crippen LogP contribution < -0.4 is 5.56 Å². The molecule has 1 saturated heterocycles. The Morgan fingerprint density at radius 3 is 2.29 bits per heavy atom. The predicted molar refractivity (Wildman–Crippen MR) is 101 cm³/mol. The van der Waals surface area contributed by atoms with Gasteiger partial charge < -0.3 is 39.5 Å². The third-order valence-electron chi connectivity index (χ3n) is 4.25. The van der Waals surface area contributed by atoms with E-state index in [1.807, 2.05) is 4.98 Å². The van der Waals surface area contributed by atoms with E-state index in [1.165, 1.54) is 0 Å². The minimum Gasteiger partial charge on any atom is -0.387 e. The van der Waals surface area contributed by atoms with Gasteiger partial charge in [-0.05, 0) is 12.1 Å². The molecule has 0 amide bonds. The molecule has 3 aliphatic rings. The number of fused-ring (bicyclic) bond motifs is 1. The van der Waals surface area contributed by atoms with Crippen LogP contribution >= 0.6 is 23.5 Å². The van der Waals surface area contributed by atoms with E-state index >= 15 is 0 Å². The van der Waals surface area contributed by atoms with Crippen LogP contribution in [0.25, 0.3) is 11.4 Å². The molecular weight excluding hydrogens is 539 g/mol. The summed E-state index contributed by atoms with van der Waals surface area (Å²) in [5.41, 5.74) is -1.56. The Kier molecular flexibility index (Phi) is 7.59. The Hall–Kier alpha value is -1.49. The SMILES string of the molecule is O=c1nc2[nH]c(F)c(F)cc-2cc1[C@@H]1O[C@H](COP(=O)(O)OP(=O)(O)OP(=O)(O)O)[C@H](O)C1O. The second-order valence-electron chi connectivity index (χ2n) is 6.71. The fraction of sp³-hybridized carbons (Fsp3) is 0.385. The summed E-state index contributed by atoms with van der Waals surface area (Å²) in [5, 5.41) is 20.3. The first-order valence-electron chi connectivity index (χ1n) is 8.67. The topological polar surface area (TPSA) is 255 Å². The summed E-state index contributed by atoms with van der Waals surface area (Å²) in [7, 11) is -16.9. The van der Waals surface area contributed by atoms with Crippen LogP contribution in [0.5, 0.6) is 0 Å². The Bertz CT molecular complexity index is 1250. The molecule has 0 aromatic heterocycles. The molecule has 7 N–H and O–H groups in total. The van der Waals surface area contributed by atoms with Gasteiger partial charge in [-0.3, -0.25) is 9.32 Å². The van der Waals surface area contributed by atoms with E-state index in [4.69, 9.17) is 19.4 Å². The summed E-state index contributed by atoms with van der Waals surface area (Å²) in [5.74, 6) is -3.02. The standard InChI is InChI=1S/C13H15F2N2O14P3/c14-6-2-4-1-5(13(20)17-12(4)16-11(6)15)10-9(19)8(18)7(29-10)3-28-33(24,25)31-34(26,27)30-32(21,22)23/h1-2,7-10,18-19H,3H2,(H,24,25)(H,26,27)(H,16,17,20)(H2,21,22,23)/t7-,8+,9?,10+/m1/s1. The van der Waals surface area contributed by atoms with Crippen LogP contribution in [0.1, 0.15) is 11.7 Å². The lowest BCUT2D eigenvalue weighted by Crippen LogP contribution is -2.33. The number of phosphoric ester groups is 1. The van der Waals surface area contributed by atoms with Crippen molar-refractivity contribution in [2.24, 2.45) is 0 Å². The van der Waals surface area contributed by atoms with Crippen LogP contribution in [0.3, 0.4) is 0 Å². The number of aromatic nitrogens is 2. The van der Waals surface area contributed by atoms with Gasteiger partial charge in [-0.25, -0.2) is 18.1 Å². The van der Waals surface area contributed by atoms with Gasteiger partial charge in [0.2, 0.25) is 5.95 Å². The number of hydrogen-bond donors (Lipinski definition) is 7. The van der Waals surface area contributed by atoms with Crippen molar-refractivity contribution in [3.05, 3.63) is 39.8 Å². The summed E-state index contributed by atoms with van der Waals surface area (Å²) < 4.78 is 77.1. The maximum absolute atomic E-state index is 13.5. The fourth-order valence-corrected chi connectivity index (χ4v) is 5.95. The van der Waals surface area contributed by atoms with Crippen LogP contribution in [-0.2, 0) is 31.6 Å². The smallest absolute Gasteiger partial charge is 0.387 e. The Labute approximate surface area is 186 Å². The lowest BCUT2D eigenvalue weighted by molar-refractivity contribution is -0.0226. The number of hydrogen-bond acceptors (Lipinski definition) is 11. The summed E-state index contributed by atoms with van der Waals surface area (Å²) >= 11 is 0. The van der Waals surface area contributed by atoms with Crippen LogP contribution in [-0.4, -0.2) is 64.7 Å². The maximum atomic E-state index is 13.5. The van der Waals surface area contributed by atoms with Crippen molar-refractivity contribution in [1.82, 2.24) is 9.97 Å². The number of H-pyrrole nitrogens is 1. The van der Waals surface area contributed by atoms with E-state index in [2.05, 4.69) is 18.1 Å². The summed E-state index contributed by atoms with van der Waals surface area (Å²) in [4.78, 5) is 53.2. The van der Waals surface area contributed by atoms with Crippen LogP contribution in [0.2, 0.25) is 0 Å². The molecule has 3 heterocycles. The van der Waals surface area contributed by atoms with E-state index in [0.717, 1.165) is 6.07 Å². The Morgan fingerprint density at radius 1 is 1.03 bits per heavy atom. The Balaban J connectivity index is 1.75. The average molecular weight is 554 g/mol. The molecule has 0 radical (unpaired) electrons. The molecule has 190 valence electrons. The van der Waals surface area contributed by atoms with Gasteiger partial charge >= 0.3 is 23.5 Å². The minimum absolute atomic E-state index is 0.101. The molecule has 3 unspecified atom stereocenters. The van der Waals surface area contributed by atoms with E-state index < -0.39 is 77.4 Å². The lowest BCUT2D eigenvalue weighted by atomic mass is 10.0. The molecule has 0 spiro atoms. The number of phosphoric acid groups is 3. The van der Waals surface area contributed by atoms with Crippen molar-refractivity contribution in [2.45, 2.75) is 24.4 Å². The third-order valence-corrected chi connectivity index (χ3v) is 8.05. The second kappa shape index (κ2) is 9.52. The van der Waals surface area contributed by atoms with Crippen LogP contribution in [0.15, 0.2) is 16.9 Å². The molecule has 0 aromatic carbocycles. The highest BCUT2D eigenvalue weighted by Gasteiger charge is 2.47. The molecule has 6 atom stereocenters. The molecule has 3 rings (SSSR count). The number of aliphatic hydroxyl groups excluding tert-OH is 2. The zero-order chi connectivity index (χ0) is 25.6. The van der Waals surface area contributed by atoms with Gasteiger partial charge in [-0.1, -0.05) is 0 Å². The predicted octanol–water partition coefficient (Wildman–Crippen LogP) is -0.342. The number of rotatable bonds is 8. The van der Waals surface area contributed by atoms with E-state index in [0.29, 0.717) is 6.07 Å². The summed E-state index contributed by atoms with van der Waals surface area (Å²) in [6.45, 7) is -1.11. The monoisotopic (exact) mass is 554 g/mol. The quantitative estimate of drug-likeness (QED) is 0.163. The molecule has 0 bridgehead atoms. The van der Waals surface area contributed by atoms with Gasteiger partial charge in [0.05, 0.1) is 12.2 Å². The molecule has 16 nitrogen and oxygen atoms in total. The molecule has 0 saturated carbocycles. The highest BCUT2D eigenvalue weighted by Crippen LogP contribution is 2.66. The van der Waals surface area contributed by atoms with Crippen LogP contribution in [0, 0.1) is 11.8 Å². The number of pyridine rings is 2. The highest BCUT2D eigenvalue weighted by molar-refractivity contribution is 7.66. The zero-order valence-corrected chi connectivity index (χ0v) is 18.8. The number of nitrogens with one attached hydrogen (secondary N) is 1. The van der Waals surface area contributed by atoms with Crippen molar-refractivity contribution >= 4 is 23.5 Å². The Morgan fingerprint density at radius 2 is 1.68 bits per heavy atom. The van der Waals surface area contributed by atoms with Crippen LogP contribution in [0.4, 0.5) is 8.78 Å². The van der Waals surface area contributed by atoms with Gasteiger partial charge in [-0.2, -0.15) is 18.0 Å². The highest BCUT2D eigenvalue weighted by atomic mass is 31.3. The van der Waals surface area contributed by atoms with Gasteiger partial charge in [0.25, 0.3) is 5.56 Å². The van der Waals surface area contributed by atoms with Crippen molar-refractivity contribution in [3.8, 4) is 11.4 Å². The summed E-state index contributed by atoms with van der Waals surface area (Å²) in [6, 6.07) is 1.69. The normalized spacial score (nSPS) is 26.9. The molecule has 21 heteroatoms. The first-order chi connectivity index (χ1) is 15.5. The first kappa shape index (κ1) is 27.1. The number of ether oxygens (including phenoxy) is 1. The molecule has 0 aliphatic carbocycles. The lowest BCUT2D eigenvalue weighted by Gasteiger charge is -2.19. The molecule has 3 aliphatic heterocycles. The third kappa shape index (κ3) is 6.38. The first-order valence-corrected chi connectivity index (χ1v) is 13.2. The number of halogens is 2. The van der Waals surface area contributed by atoms with Crippen molar-refractivity contribution in [1.29, 1.82) is 0 Å². The molecule has 0 aromatic rings. The van der Waals surface area contributed by atoms with Crippen molar-refractivity contribution < 1.29 is 70.1 Å². The van der Waals surface area contributed by atoms with Gasteiger partial charge in [0.1, 0.15) is 30.2 Å². The molecule has 34 heavy (non-hydrogen) atoms. The molecular formula is C13H15F2N2O14P3. The van der Waals surface area contributed by atoms with Crippen molar-refractivity contribution in [2.75, 3.05) is 6.61 Å². The summed E-state index contributed by atoms with van der Waals surface area (Å²) in [6.07, 6.45) is -7.00. The van der Waals surface area contributed by atoms with E-state index in [1.54, 1.807) is 0 Å². The number of aliphatic hydroxyl groups is 2. The van der Waals surface area contributed by atoms with Crippen molar-refractivity contribution in [3.63, 3.8) is 0 Å². The van der Waals surface area contributed by atoms with E-state index in [9.17, 15) is 42.4 Å². The van der Waals surface area contributed by atoms with Gasteiger partial charge in [-0.15, -0.1) is 0 Å². The number of nitrogens with zero attached hydrogens (tertiary/aromatic N) is 1. The maximum Gasteiger partial charge on any atom is 0.490 e. The van der Waals surface area contributed by atoms with Gasteiger partial charge in [0, 0.05) is 5.56 Å². The van der Waals surface area contributed by atoms with Gasteiger partial charge in [0.15, 0.2) is 5.82 Å².